The topological polar surface area (TPSA) is 19.4 Å². The van der Waals surface area contributed by atoms with E-state index in [1.807, 2.05) is 12.3 Å². The van der Waals surface area contributed by atoms with Gasteiger partial charge in [-0.2, -0.15) is 0 Å². The third-order valence-corrected chi connectivity index (χ3v) is 5.52. The molecule has 2 unspecified atom stereocenters. The molecule has 4 rings (SSSR count). The van der Waals surface area contributed by atoms with Gasteiger partial charge in [0, 0.05) is 44.6 Å². The molecule has 2 atom stereocenters. The molecule has 19 heavy (non-hydrogen) atoms. The molecule has 1 aromatic rings. The minimum Gasteiger partial charge on any atom is -0.367 e. The Labute approximate surface area is 119 Å². The number of likely N-dealkylation sites (tertiary alicyclic amines) is 1. The Bertz CT molecular complexity index is 460. The van der Waals surface area contributed by atoms with E-state index < -0.39 is 0 Å². The number of rotatable bonds is 2. The Kier molecular flexibility index (Phi) is 2.92. The van der Waals surface area contributed by atoms with Gasteiger partial charge in [0.05, 0.1) is 10.7 Å². The Hall–Kier alpha value is -0.800. The van der Waals surface area contributed by atoms with E-state index in [-0.39, 0.29) is 0 Å². The van der Waals surface area contributed by atoms with E-state index in [1.165, 1.54) is 32.4 Å². The van der Waals surface area contributed by atoms with E-state index in [0.717, 1.165) is 41.7 Å². The highest BCUT2D eigenvalue weighted by atomic mass is 35.5. The van der Waals surface area contributed by atoms with Crippen molar-refractivity contribution in [2.24, 2.45) is 11.8 Å². The summed E-state index contributed by atoms with van der Waals surface area (Å²) in [5, 5.41) is 0.777. The third-order valence-electron chi connectivity index (χ3n) is 5.22. The maximum atomic E-state index is 6.20. The summed E-state index contributed by atoms with van der Waals surface area (Å²) in [5.41, 5.74) is 1.15. The fourth-order valence-electron chi connectivity index (χ4n) is 4.08. The van der Waals surface area contributed by atoms with Crippen LogP contribution < -0.4 is 4.90 Å². The number of fused-ring (bicyclic) bond motifs is 1. The summed E-state index contributed by atoms with van der Waals surface area (Å²) in [7, 11) is 0. The number of aromatic nitrogens is 1. The van der Waals surface area contributed by atoms with E-state index in [2.05, 4.69) is 14.8 Å². The molecule has 4 heteroatoms. The summed E-state index contributed by atoms with van der Waals surface area (Å²) in [4.78, 5) is 9.15. The summed E-state index contributed by atoms with van der Waals surface area (Å²) in [5.74, 6) is 2.00. The first-order chi connectivity index (χ1) is 9.31. The molecular weight excluding hydrogens is 258 g/mol. The van der Waals surface area contributed by atoms with Crippen molar-refractivity contribution >= 4 is 17.3 Å². The number of hydrogen-bond donors (Lipinski definition) is 0. The molecule has 1 aliphatic carbocycles. The van der Waals surface area contributed by atoms with Gasteiger partial charge in [-0.25, -0.2) is 0 Å². The molecule has 2 aliphatic heterocycles. The van der Waals surface area contributed by atoms with E-state index in [9.17, 15) is 0 Å². The van der Waals surface area contributed by atoms with Crippen molar-refractivity contribution in [3.05, 3.63) is 23.5 Å². The maximum Gasteiger partial charge on any atom is 0.0822 e. The van der Waals surface area contributed by atoms with Crippen LogP contribution in [0.2, 0.25) is 5.02 Å². The first-order valence-corrected chi connectivity index (χ1v) is 7.77. The largest absolute Gasteiger partial charge is 0.367 e. The molecular formula is C15H20ClN3. The van der Waals surface area contributed by atoms with Crippen LogP contribution in [-0.2, 0) is 0 Å². The van der Waals surface area contributed by atoms with Crippen molar-refractivity contribution in [3.8, 4) is 0 Å². The Balaban J connectivity index is 1.37. The van der Waals surface area contributed by atoms with Gasteiger partial charge in [0.15, 0.2) is 0 Å². The van der Waals surface area contributed by atoms with Gasteiger partial charge < -0.3 is 4.90 Å². The van der Waals surface area contributed by atoms with Crippen molar-refractivity contribution in [1.29, 1.82) is 0 Å². The standard InChI is InChI=1S/C15H20ClN3/c16-14-6-17-5-4-15(14)19-9-13(10-19)18-7-11-2-1-3-12(11)8-18/h4-6,11-13H,1-3,7-10H2. The fraction of sp³-hybridized carbons (Fsp3) is 0.667. The minimum absolute atomic E-state index is 0.745. The molecule has 0 bridgehead atoms. The first kappa shape index (κ1) is 12.0. The molecule has 0 spiro atoms. The lowest BCUT2D eigenvalue weighted by molar-refractivity contribution is 0.190. The molecule has 102 valence electrons. The summed E-state index contributed by atoms with van der Waals surface area (Å²) < 4.78 is 0. The fourth-order valence-corrected chi connectivity index (χ4v) is 4.32. The highest BCUT2D eigenvalue weighted by Crippen LogP contribution is 2.40. The summed E-state index contributed by atoms with van der Waals surface area (Å²) in [6, 6.07) is 2.77. The highest BCUT2D eigenvalue weighted by Gasteiger charge is 2.42. The smallest absolute Gasteiger partial charge is 0.0822 e. The van der Waals surface area contributed by atoms with E-state index >= 15 is 0 Å². The molecule has 0 N–H and O–H groups in total. The van der Waals surface area contributed by atoms with Gasteiger partial charge in [0.2, 0.25) is 0 Å². The van der Waals surface area contributed by atoms with Gasteiger partial charge in [-0.15, -0.1) is 0 Å². The lowest BCUT2D eigenvalue weighted by Gasteiger charge is -2.46. The predicted octanol–water partition coefficient (Wildman–Crippen LogP) is 2.66. The summed E-state index contributed by atoms with van der Waals surface area (Å²) in [6.07, 6.45) is 7.97. The third kappa shape index (κ3) is 2.03. The second-order valence-corrected chi connectivity index (χ2v) is 6.70. The average Bonchev–Trinajstić information content (AvgIpc) is 2.90. The Morgan fingerprint density at radius 1 is 1.11 bits per heavy atom. The minimum atomic E-state index is 0.745. The van der Waals surface area contributed by atoms with Crippen LogP contribution in [0.1, 0.15) is 19.3 Å². The zero-order valence-corrected chi connectivity index (χ0v) is 11.9. The lowest BCUT2D eigenvalue weighted by Crippen LogP contribution is -2.59. The van der Waals surface area contributed by atoms with Gasteiger partial charge in [-0.05, 0) is 30.7 Å². The summed E-state index contributed by atoms with van der Waals surface area (Å²) >= 11 is 6.20. The van der Waals surface area contributed by atoms with E-state index in [1.54, 1.807) is 6.20 Å². The Morgan fingerprint density at radius 2 is 1.84 bits per heavy atom. The molecule has 0 aromatic carbocycles. The van der Waals surface area contributed by atoms with Crippen molar-refractivity contribution in [3.63, 3.8) is 0 Å². The predicted molar refractivity (Wildman–Crippen MR) is 77.7 cm³/mol. The van der Waals surface area contributed by atoms with Crippen molar-refractivity contribution < 1.29 is 0 Å². The van der Waals surface area contributed by atoms with Crippen LogP contribution >= 0.6 is 11.6 Å². The molecule has 0 radical (unpaired) electrons. The van der Waals surface area contributed by atoms with Gasteiger partial charge in [-0.3, -0.25) is 9.88 Å². The molecule has 2 saturated heterocycles. The van der Waals surface area contributed by atoms with Gasteiger partial charge >= 0.3 is 0 Å². The second-order valence-electron chi connectivity index (χ2n) is 6.29. The SMILES string of the molecule is Clc1cnccc1N1CC(N2CC3CCCC3C2)C1. The van der Waals surface area contributed by atoms with Crippen LogP contribution in [0.25, 0.3) is 0 Å². The zero-order chi connectivity index (χ0) is 12.8. The molecule has 1 aromatic heterocycles. The lowest BCUT2D eigenvalue weighted by atomic mass is 10.0. The number of anilines is 1. The van der Waals surface area contributed by atoms with Gasteiger partial charge in [-0.1, -0.05) is 18.0 Å². The van der Waals surface area contributed by atoms with E-state index in [4.69, 9.17) is 11.6 Å². The van der Waals surface area contributed by atoms with Crippen molar-refractivity contribution in [1.82, 2.24) is 9.88 Å². The second kappa shape index (κ2) is 4.64. The van der Waals surface area contributed by atoms with Crippen molar-refractivity contribution in [2.75, 3.05) is 31.1 Å². The van der Waals surface area contributed by atoms with Crippen LogP contribution in [-0.4, -0.2) is 42.1 Å². The number of pyridine rings is 1. The van der Waals surface area contributed by atoms with Gasteiger partial charge in [0.25, 0.3) is 0 Å². The van der Waals surface area contributed by atoms with Gasteiger partial charge in [0.1, 0.15) is 0 Å². The summed E-state index contributed by atoms with van der Waals surface area (Å²) in [6.45, 7) is 4.94. The molecule has 1 saturated carbocycles. The highest BCUT2D eigenvalue weighted by molar-refractivity contribution is 6.33. The first-order valence-electron chi connectivity index (χ1n) is 7.40. The molecule has 3 aliphatic rings. The van der Waals surface area contributed by atoms with Crippen LogP contribution in [0, 0.1) is 11.8 Å². The number of nitrogens with zero attached hydrogens (tertiary/aromatic N) is 3. The monoisotopic (exact) mass is 277 g/mol. The average molecular weight is 278 g/mol. The number of hydrogen-bond acceptors (Lipinski definition) is 3. The normalized spacial score (nSPS) is 31.5. The van der Waals surface area contributed by atoms with Crippen molar-refractivity contribution in [2.45, 2.75) is 25.3 Å². The quantitative estimate of drug-likeness (QED) is 0.829. The number of halogens is 1. The zero-order valence-electron chi connectivity index (χ0n) is 11.1. The van der Waals surface area contributed by atoms with Crippen LogP contribution in [0.5, 0.6) is 0 Å². The van der Waals surface area contributed by atoms with Crippen LogP contribution in [0.3, 0.4) is 0 Å². The van der Waals surface area contributed by atoms with E-state index in [0.29, 0.717) is 0 Å². The molecule has 3 fully saturated rings. The molecule has 3 heterocycles. The van der Waals surface area contributed by atoms with Crippen LogP contribution in [0.4, 0.5) is 5.69 Å². The molecule has 3 nitrogen and oxygen atoms in total. The maximum absolute atomic E-state index is 6.20. The molecule has 0 amide bonds. The van der Waals surface area contributed by atoms with Crippen LogP contribution in [0.15, 0.2) is 18.5 Å². The Morgan fingerprint density at radius 3 is 2.53 bits per heavy atom.